The zero-order chi connectivity index (χ0) is 16.8. The number of nitrogens with zero attached hydrogens (tertiary/aromatic N) is 2. The van der Waals surface area contributed by atoms with Crippen molar-refractivity contribution in [2.45, 2.75) is 6.61 Å². The maximum atomic E-state index is 13.6. The summed E-state index contributed by atoms with van der Waals surface area (Å²) >= 11 is 4.23. The van der Waals surface area contributed by atoms with Crippen LogP contribution in [-0.2, 0) is 6.61 Å². The van der Waals surface area contributed by atoms with Crippen LogP contribution in [0.15, 0.2) is 42.0 Å². The van der Waals surface area contributed by atoms with Crippen molar-refractivity contribution >= 4 is 51.3 Å². The van der Waals surface area contributed by atoms with Crippen LogP contribution in [0.5, 0.6) is 5.75 Å². The molecule has 2 aromatic rings. The van der Waals surface area contributed by atoms with E-state index in [0.717, 1.165) is 12.7 Å². The molecule has 3 nitrogen and oxygen atoms in total. The second-order valence-corrected chi connectivity index (χ2v) is 6.80. The average Bonchev–Trinajstić information content (AvgIpc) is 2.53. The zero-order valence-electron chi connectivity index (χ0n) is 11.7. The second-order valence-electron chi connectivity index (χ2n) is 4.48. The second kappa shape index (κ2) is 8.27. The number of nitriles is 2. The Kier molecular flexibility index (Phi) is 6.37. The third kappa shape index (κ3) is 4.66. The van der Waals surface area contributed by atoms with E-state index in [0.29, 0.717) is 11.3 Å². The highest BCUT2D eigenvalue weighted by atomic mass is 127. The summed E-state index contributed by atoms with van der Waals surface area (Å²) in [5.41, 5.74) is 1.27. The molecule has 114 valence electrons. The van der Waals surface area contributed by atoms with Gasteiger partial charge in [0.25, 0.3) is 0 Å². The van der Waals surface area contributed by atoms with Crippen LogP contribution >= 0.6 is 45.2 Å². The van der Waals surface area contributed by atoms with Gasteiger partial charge < -0.3 is 4.74 Å². The summed E-state index contributed by atoms with van der Waals surface area (Å²) in [6, 6.07) is 13.8. The Morgan fingerprint density at radius 3 is 2.30 bits per heavy atom. The van der Waals surface area contributed by atoms with Crippen LogP contribution in [0.4, 0.5) is 4.39 Å². The van der Waals surface area contributed by atoms with E-state index in [1.807, 2.05) is 24.3 Å². The van der Waals surface area contributed by atoms with E-state index in [1.54, 1.807) is 18.2 Å². The molecule has 0 amide bonds. The zero-order valence-corrected chi connectivity index (χ0v) is 16.0. The molecule has 0 saturated heterocycles. The molecular formula is C17H9FI2N2O. The highest BCUT2D eigenvalue weighted by molar-refractivity contribution is 14.1. The quantitative estimate of drug-likeness (QED) is 0.411. The highest BCUT2D eigenvalue weighted by Gasteiger charge is 2.10. The van der Waals surface area contributed by atoms with Crippen LogP contribution in [0.2, 0.25) is 0 Å². The minimum absolute atomic E-state index is 0.0385. The summed E-state index contributed by atoms with van der Waals surface area (Å²) in [6.07, 6.45) is 1.52. The third-order valence-electron chi connectivity index (χ3n) is 2.90. The molecule has 6 heteroatoms. The largest absolute Gasteiger partial charge is 0.487 e. The Balaban J connectivity index is 2.25. The molecule has 0 aliphatic rings. The van der Waals surface area contributed by atoms with Gasteiger partial charge in [-0.15, -0.1) is 0 Å². The first-order chi connectivity index (χ1) is 11.0. The Hall–Kier alpha value is -1.65. The number of rotatable bonds is 4. The molecule has 0 aliphatic carbocycles. The van der Waals surface area contributed by atoms with E-state index < -0.39 is 0 Å². The summed E-state index contributed by atoms with van der Waals surface area (Å²) < 4.78 is 21.0. The Bertz CT molecular complexity index is 811. The summed E-state index contributed by atoms with van der Waals surface area (Å²) in [6.45, 7) is 0.134. The van der Waals surface area contributed by atoms with Gasteiger partial charge in [-0.2, -0.15) is 10.5 Å². The topological polar surface area (TPSA) is 56.8 Å². The fourth-order valence-electron chi connectivity index (χ4n) is 1.82. The fourth-order valence-corrected chi connectivity index (χ4v) is 3.95. The van der Waals surface area contributed by atoms with E-state index >= 15 is 0 Å². The molecule has 2 rings (SSSR count). The minimum atomic E-state index is -0.301. The maximum absolute atomic E-state index is 13.6. The first kappa shape index (κ1) is 17.7. The number of ether oxygens (including phenoxy) is 1. The predicted molar refractivity (Wildman–Crippen MR) is 102 cm³/mol. The standard InChI is InChI=1S/C17H9FI2N2O/c18-14-4-2-1-3-13(14)10-23-17-15(19)6-11(7-16(17)20)5-12(8-21)9-22/h1-7H,10H2. The number of benzene rings is 2. The summed E-state index contributed by atoms with van der Waals surface area (Å²) in [5, 5.41) is 17.6. The maximum Gasteiger partial charge on any atom is 0.146 e. The van der Waals surface area contributed by atoms with Gasteiger partial charge in [-0.25, -0.2) is 4.39 Å². The summed E-state index contributed by atoms with van der Waals surface area (Å²) in [5.74, 6) is 0.354. The van der Waals surface area contributed by atoms with Gasteiger partial charge in [-0.05, 0) is 75.0 Å². The molecule has 0 saturated carbocycles. The first-order valence-corrected chi connectivity index (χ1v) is 8.58. The van der Waals surface area contributed by atoms with Crippen molar-refractivity contribution in [3.05, 3.63) is 66.1 Å². The lowest BCUT2D eigenvalue weighted by atomic mass is 10.1. The van der Waals surface area contributed by atoms with E-state index in [1.165, 1.54) is 12.1 Å². The molecule has 23 heavy (non-hydrogen) atoms. The van der Waals surface area contributed by atoms with Crippen LogP contribution in [0, 0.1) is 35.6 Å². The smallest absolute Gasteiger partial charge is 0.146 e. The van der Waals surface area contributed by atoms with Crippen LogP contribution in [-0.4, -0.2) is 0 Å². The van der Waals surface area contributed by atoms with Gasteiger partial charge in [0.1, 0.15) is 35.9 Å². The molecular weight excluding hydrogens is 521 g/mol. The van der Waals surface area contributed by atoms with Crippen molar-refractivity contribution in [2.24, 2.45) is 0 Å². The predicted octanol–water partition coefficient (Wildman–Crippen LogP) is 5.04. The number of allylic oxidation sites excluding steroid dienone is 1. The van der Waals surface area contributed by atoms with Crippen molar-refractivity contribution in [3.8, 4) is 17.9 Å². The number of halogens is 3. The van der Waals surface area contributed by atoms with Crippen molar-refractivity contribution in [1.82, 2.24) is 0 Å². The number of hydrogen-bond acceptors (Lipinski definition) is 3. The molecule has 0 N–H and O–H groups in total. The lowest BCUT2D eigenvalue weighted by Gasteiger charge is -2.12. The lowest BCUT2D eigenvalue weighted by molar-refractivity contribution is 0.295. The van der Waals surface area contributed by atoms with Crippen LogP contribution < -0.4 is 4.74 Å². The summed E-state index contributed by atoms with van der Waals surface area (Å²) in [7, 11) is 0. The first-order valence-electron chi connectivity index (χ1n) is 6.42. The van der Waals surface area contributed by atoms with Gasteiger partial charge in [0.2, 0.25) is 0 Å². The van der Waals surface area contributed by atoms with Gasteiger partial charge in [0.15, 0.2) is 0 Å². The molecule has 0 aliphatic heterocycles. The van der Waals surface area contributed by atoms with Gasteiger partial charge in [-0.1, -0.05) is 18.2 Å². The van der Waals surface area contributed by atoms with Gasteiger partial charge in [0, 0.05) is 5.56 Å². The fraction of sp³-hybridized carbons (Fsp3) is 0.0588. The molecule has 0 heterocycles. The Labute approximate surface area is 160 Å². The molecule has 0 radical (unpaired) electrons. The molecule has 0 spiro atoms. The normalized spacial score (nSPS) is 9.61. The van der Waals surface area contributed by atoms with Gasteiger partial charge in [-0.3, -0.25) is 0 Å². The Morgan fingerprint density at radius 1 is 1.13 bits per heavy atom. The SMILES string of the molecule is N#CC(C#N)=Cc1cc(I)c(OCc2ccccc2F)c(I)c1. The minimum Gasteiger partial charge on any atom is -0.487 e. The van der Waals surface area contributed by atoms with Crippen LogP contribution in [0.3, 0.4) is 0 Å². The lowest BCUT2D eigenvalue weighted by Crippen LogP contribution is -2.01. The monoisotopic (exact) mass is 530 g/mol. The Morgan fingerprint density at radius 2 is 1.74 bits per heavy atom. The van der Waals surface area contributed by atoms with Crippen molar-refractivity contribution in [1.29, 1.82) is 10.5 Å². The summed E-state index contributed by atoms with van der Waals surface area (Å²) in [4.78, 5) is 0. The molecule has 0 bridgehead atoms. The average molecular weight is 530 g/mol. The molecule has 2 aromatic carbocycles. The van der Waals surface area contributed by atoms with Gasteiger partial charge >= 0.3 is 0 Å². The van der Waals surface area contributed by atoms with E-state index in [-0.39, 0.29) is 18.0 Å². The van der Waals surface area contributed by atoms with Crippen molar-refractivity contribution in [2.75, 3.05) is 0 Å². The highest BCUT2D eigenvalue weighted by Crippen LogP contribution is 2.30. The number of hydrogen-bond donors (Lipinski definition) is 0. The van der Waals surface area contributed by atoms with Gasteiger partial charge in [0.05, 0.1) is 7.14 Å². The molecule has 0 atom stereocenters. The van der Waals surface area contributed by atoms with Crippen LogP contribution in [0.25, 0.3) is 6.08 Å². The van der Waals surface area contributed by atoms with Crippen LogP contribution in [0.1, 0.15) is 11.1 Å². The molecule has 0 unspecified atom stereocenters. The van der Waals surface area contributed by atoms with E-state index in [2.05, 4.69) is 45.2 Å². The van der Waals surface area contributed by atoms with Crippen molar-refractivity contribution in [3.63, 3.8) is 0 Å². The molecule has 0 aromatic heterocycles. The van der Waals surface area contributed by atoms with E-state index in [9.17, 15) is 4.39 Å². The molecule has 0 fully saturated rings. The third-order valence-corrected chi connectivity index (χ3v) is 4.50. The van der Waals surface area contributed by atoms with Crippen molar-refractivity contribution < 1.29 is 9.13 Å². The van der Waals surface area contributed by atoms with E-state index in [4.69, 9.17) is 15.3 Å².